The Morgan fingerprint density at radius 1 is 1.10 bits per heavy atom. The molecule has 0 unspecified atom stereocenters. The lowest BCUT2D eigenvalue weighted by Crippen LogP contribution is -2.41. The molecule has 4 aromatic rings. The number of nitrogen functional groups attached to an aromatic ring is 1. The largest absolute Gasteiger partial charge is 0.457 e. The number of carbonyl (C=O) groups excluding carboxylic acids is 1. The molecule has 1 aliphatic carbocycles. The smallest absolute Gasteiger partial charge is 0.288 e. The van der Waals surface area contributed by atoms with E-state index in [1.807, 2.05) is 65.4 Å². The standard InChI is InChI=1S/C30H28N6O3/c31-16-21(15-19-8-9-19)30(38)35-14-4-5-22(17-35)36-18-25(26-27(36)29(37)34-33-28(26)32)20-10-12-24(13-11-20)39-23-6-2-1-3-7-23/h1-3,6-7,10-13,15,18-19,22H,4-5,8-9,14,17H2,(H2,32,33)(H,34,37)/t22-/m1/s1. The molecule has 196 valence electrons. The highest BCUT2D eigenvalue weighted by molar-refractivity contribution is 6.02. The summed E-state index contributed by atoms with van der Waals surface area (Å²) in [6.07, 6.45) is 7.32. The van der Waals surface area contributed by atoms with Gasteiger partial charge in [-0.05, 0) is 61.4 Å². The molecule has 1 atom stereocenters. The molecular weight excluding hydrogens is 492 g/mol. The number of hydrogen-bond donors (Lipinski definition) is 2. The number of nitriles is 1. The van der Waals surface area contributed by atoms with Gasteiger partial charge in [-0.2, -0.15) is 10.4 Å². The van der Waals surface area contributed by atoms with Gasteiger partial charge in [-0.1, -0.05) is 36.4 Å². The lowest BCUT2D eigenvalue weighted by molar-refractivity contribution is -0.128. The van der Waals surface area contributed by atoms with Crippen LogP contribution in [0.1, 0.15) is 31.7 Å². The number of nitrogens with zero attached hydrogens (tertiary/aromatic N) is 4. The third kappa shape index (κ3) is 4.89. The number of ether oxygens (including phenoxy) is 1. The molecule has 2 fully saturated rings. The Morgan fingerprint density at radius 3 is 2.56 bits per heavy atom. The topological polar surface area (TPSA) is 130 Å². The SMILES string of the molecule is N#CC(=CC1CC1)C(=O)N1CCC[C@@H](n2cc(-c3ccc(Oc4ccccc4)cc3)c3c(N)n[nH]c(=O)c32)C1. The summed E-state index contributed by atoms with van der Waals surface area (Å²) >= 11 is 0. The highest BCUT2D eigenvalue weighted by atomic mass is 16.5. The number of carbonyl (C=O) groups is 1. The molecule has 0 radical (unpaired) electrons. The Bertz CT molecular complexity index is 1660. The summed E-state index contributed by atoms with van der Waals surface area (Å²) in [6.45, 7) is 0.977. The van der Waals surface area contributed by atoms with Gasteiger partial charge in [0.1, 0.15) is 28.7 Å². The quantitative estimate of drug-likeness (QED) is 0.278. The van der Waals surface area contributed by atoms with E-state index in [0.29, 0.717) is 35.7 Å². The summed E-state index contributed by atoms with van der Waals surface area (Å²) in [5, 5.41) is 16.7. The number of anilines is 1. The van der Waals surface area contributed by atoms with Crippen molar-refractivity contribution in [2.75, 3.05) is 18.8 Å². The summed E-state index contributed by atoms with van der Waals surface area (Å²) in [7, 11) is 0. The van der Waals surface area contributed by atoms with Crippen LogP contribution < -0.4 is 16.0 Å². The number of nitrogens with one attached hydrogen (secondary N) is 1. The summed E-state index contributed by atoms with van der Waals surface area (Å²) in [6, 6.07) is 19.1. The van der Waals surface area contributed by atoms with Crippen molar-refractivity contribution in [3.8, 4) is 28.7 Å². The molecule has 1 amide bonds. The molecule has 3 N–H and O–H groups in total. The number of H-pyrrole nitrogens is 1. The van der Waals surface area contributed by atoms with Gasteiger partial charge in [0.15, 0.2) is 5.82 Å². The molecule has 1 saturated carbocycles. The average molecular weight is 521 g/mol. The second-order valence-corrected chi connectivity index (χ2v) is 10.1. The normalized spacial score (nSPS) is 17.7. The highest BCUT2D eigenvalue weighted by Crippen LogP contribution is 2.37. The Hall–Kier alpha value is -4.84. The summed E-state index contributed by atoms with van der Waals surface area (Å²) in [5.41, 5.74) is 8.23. The van der Waals surface area contributed by atoms with Crippen LogP contribution in [0.5, 0.6) is 11.5 Å². The first kappa shape index (κ1) is 24.5. The van der Waals surface area contributed by atoms with E-state index < -0.39 is 0 Å². The molecule has 1 saturated heterocycles. The molecule has 2 aromatic heterocycles. The van der Waals surface area contributed by atoms with E-state index >= 15 is 0 Å². The highest BCUT2D eigenvalue weighted by Gasteiger charge is 2.30. The molecule has 0 spiro atoms. The molecule has 0 bridgehead atoms. The van der Waals surface area contributed by atoms with Crippen molar-refractivity contribution in [3.63, 3.8) is 0 Å². The molecule has 3 heterocycles. The van der Waals surface area contributed by atoms with Gasteiger partial charge in [0.2, 0.25) is 0 Å². The van der Waals surface area contributed by atoms with Crippen molar-refractivity contribution < 1.29 is 9.53 Å². The van der Waals surface area contributed by atoms with Crippen LogP contribution in [0.15, 0.2) is 77.2 Å². The average Bonchev–Trinajstić information content (AvgIpc) is 3.70. The van der Waals surface area contributed by atoms with Gasteiger partial charge < -0.3 is 19.9 Å². The number of hydrogen-bond acceptors (Lipinski definition) is 6. The molecule has 1 aliphatic heterocycles. The van der Waals surface area contributed by atoms with Crippen LogP contribution in [-0.2, 0) is 4.79 Å². The van der Waals surface area contributed by atoms with Crippen LogP contribution in [0.2, 0.25) is 0 Å². The third-order valence-electron chi connectivity index (χ3n) is 7.38. The summed E-state index contributed by atoms with van der Waals surface area (Å²) in [4.78, 5) is 27.9. The minimum Gasteiger partial charge on any atom is -0.457 e. The van der Waals surface area contributed by atoms with Crippen molar-refractivity contribution in [2.45, 2.75) is 31.7 Å². The zero-order valence-electron chi connectivity index (χ0n) is 21.3. The minimum atomic E-state index is -0.343. The molecule has 2 aromatic carbocycles. The zero-order chi connectivity index (χ0) is 26.9. The van der Waals surface area contributed by atoms with Crippen molar-refractivity contribution in [2.24, 2.45) is 5.92 Å². The number of nitrogens with two attached hydrogens (primary N) is 1. The van der Waals surface area contributed by atoms with Gasteiger partial charge in [-0.3, -0.25) is 9.59 Å². The second kappa shape index (κ2) is 10.1. The molecule has 9 heteroatoms. The lowest BCUT2D eigenvalue weighted by Gasteiger charge is -2.33. The van der Waals surface area contributed by atoms with E-state index in [-0.39, 0.29) is 28.9 Å². The summed E-state index contributed by atoms with van der Waals surface area (Å²) < 4.78 is 7.85. The van der Waals surface area contributed by atoms with Crippen molar-refractivity contribution in [1.29, 1.82) is 5.26 Å². The van der Waals surface area contributed by atoms with E-state index in [2.05, 4.69) is 16.3 Å². The number of fused-ring (bicyclic) bond motifs is 1. The lowest BCUT2D eigenvalue weighted by atomic mass is 10.0. The van der Waals surface area contributed by atoms with Crippen LogP contribution >= 0.6 is 0 Å². The molecular formula is C30H28N6O3. The van der Waals surface area contributed by atoms with Crippen LogP contribution in [0.25, 0.3) is 22.0 Å². The minimum absolute atomic E-state index is 0.150. The molecule has 2 aliphatic rings. The first-order valence-corrected chi connectivity index (χ1v) is 13.1. The predicted molar refractivity (Wildman–Crippen MR) is 148 cm³/mol. The fourth-order valence-electron chi connectivity index (χ4n) is 5.26. The maximum absolute atomic E-state index is 13.2. The second-order valence-electron chi connectivity index (χ2n) is 10.1. The number of allylic oxidation sites excluding steroid dienone is 1. The zero-order valence-corrected chi connectivity index (χ0v) is 21.3. The van der Waals surface area contributed by atoms with Crippen LogP contribution in [0.3, 0.4) is 0 Å². The Balaban J connectivity index is 1.34. The molecule has 39 heavy (non-hydrogen) atoms. The van der Waals surface area contributed by atoms with Crippen molar-refractivity contribution >= 4 is 22.6 Å². The first-order chi connectivity index (χ1) is 19.0. The van der Waals surface area contributed by atoms with E-state index in [1.54, 1.807) is 11.0 Å². The van der Waals surface area contributed by atoms with Gasteiger partial charge in [0.25, 0.3) is 11.5 Å². The maximum Gasteiger partial charge on any atom is 0.288 e. The molecule has 6 rings (SSSR count). The number of aromatic nitrogens is 3. The third-order valence-corrected chi connectivity index (χ3v) is 7.38. The van der Waals surface area contributed by atoms with Crippen LogP contribution in [-0.4, -0.2) is 38.7 Å². The predicted octanol–water partition coefficient (Wildman–Crippen LogP) is 4.79. The van der Waals surface area contributed by atoms with E-state index in [4.69, 9.17) is 10.5 Å². The number of piperidine rings is 1. The van der Waals surface area contributed by atoms with Gasteiger partial charge in [0, 0.05) is 24.8 Å². The van der Waals surface area contributed by atoms with Gasteiger partial charge >= 0.3 is 0 Å². The van der Waals surface area contributed by atoms with E-state index in [0.717, 1.165) is 42.6 Å². The number of para-hydroxylation sites is 1. The number of aromatic amines is 1. The van der Waals surface area contributed by atoms with Gasteiger partial charge in [0.05, 0.1) is 11.4 Å². The fraction of sp³-hybridized carbons (Fsp3) is 0.267. The monoisotopic (exact) mass is 520 g/mol. The van der Waals surface area contributed by atoms with E-state index in [1.165, 1.54) is 0 Å². The summed E-state index contributed by atoms with van der Waals surface area (Å²) in [5.74, 6) is 1.75. The van der Waals surface area contributed by atoms with Crippen molar-refractivity contribution in [1.82, 2.24) is 19.7 Å². The molecule has 9 nitrogen and oxygen atoms in total. The number of likely N-dealkylation sites (tertiary alicyclic amines) is 1. The maximum atomic E-state index is 13.2. The number of amides is 1. The number of rotatable bonds is 6. The Kier molecular flexibility index (Phi) is 6.37. The first-order valence-electron chi connectivity index (χ1n) is 13.1. The van der Waals surface area contributed by atoms with Gasteiger partial charge in [-0.25, -0.2) is 5.10 Å². The fourth-order valence-corrected chi connectivity index (χ4v) is 5.26. The van der Waals surface area contributed by atoms with Crippen molar-refractivity contribution in [3.05, 3.63) is 82.8 Å². The van der Waals surface area contributed by atoms with Crippen LogP contribution in [0, 0.1) is 17.2 Å². The number of benzene rings is 2. The Labute approximate surface area is 225 Å². The van der Waals surface area contributed by atoms with E-state index in [9.17, 15) is 14.9 Å². The Morgan fingerprint density at radius 2 is 1.85 bits per heavy atom. The van der Waals surface area contributed by atoms with Crippen LogP contribution in [0.4, 0.5) is 5.82 Å². The van der Waals surface area contributed by atoms with Gasteiger partial charge in [-0.15, -0.1) is 0 Å².